The fraction of sp³-hybridized carbons (Fsp3) is 0.739. The topological polar surface area (TPSA) is 77.8 Å². The van der Waals surface area contributed by atoms with Crippen LogP contribution in [0.5, 0.6) is 0 Å². The molecule has 6 nitrogen and oxygen atoms in total. The monoisotopic (exact) mass is 407 g/mol. The van der Waals surface area contributed by atoms with Gasteiger partial charge >= 0.3 is 11.9 Å². The van der Waals surface area contributed by atoms with Crippen molar-refractivity contribution in [3.05, 3.63) is 16.9 Å². The number of esters is 2. The van der Waals surface area contributed by atoms with Gasteiger partial charge in [0.25, 0.3) is 0 Å². The molecule has 0 saturated heterocycles. The minimum Gasteiger partial charge on any atom is -0.465 e. The molecule has 2 rings (SSSR count). The molecule has 0 aromatic carbocycles. The van der Waals surface area contributed by atoms with E-state index in [-0.39, 0.29) is 17.2 Å². The van der Waals surface area contributed by atoms with E-state index < -0.39 is 11.9 Å². The summed E-state index contributed by atoms with van der Waals surface area (Å²) >= 11 is 0. The van der Waals surface area contributed by atoms with Crippen molar-refractivity contribution in [1.82, 2.24) is 0 Å². The van der Waals surface area contributed by atoms with Gasteiger partial charge in [0.2, 0.25) is 5.88 Å². The normalized spacial score (nSPS) is 14.6. The third kappa shape index (κ3) is 6.79. The SMILES string of the molecule is CCCCCCCCCc1oc(NC2CCCCC2)c(C(=O)OC)c1C(=O)OC. The first kappa shape index (κ1) is 23.3. The van der Waals surface area contributed by atoms with Crippen LogP contribution in [0.3, 0.4) is 0 Å². The average Bonchev–Trinajstić information content (AvgIpc) is 3.10. The van der Waals surface area contributed by atoms with E-state index in [4.69, 9.17) is 13.9 Å². The van der Waals surface area contributed by atoms with E-state index in [0.29, 0.717) is 18.1 Å². The highest BCUT2D eigenvalue weighted by molar-refractivity contribution is 6.07. The molecule has 6 heteroatoms. The minimum absolute atomic E-state index is 0.169. The third-order valence-electron chi connectivity index (χ3n) is 5.71. The van der Waals surface area contributed by atoms with Gasteiger partial charge in [0, 0.05) is 12.5 Å². The molecular weight excluding hydrogens is 370 g/mol. The van der Waals surface area contributed by atoms with Crippen molar-refractivity contribution < 1.29 is 23.5 Å². The summed E-state index contributed by atoms with van der Waals surface area (Å²) in [5.74, 6) is -0.256. The molecule has 0 amide bonds. The zero-order valence-electron chi connectivity index (χ0n) is 18.3. The molecule has 0 unspecified atom stereocenters. The lowest BCUT2D eigenvalue weighted by molar-refractivity contribution is 0.0556. The summed E-state index contributed by atoms with van der Waals surface area (Å²) in [4.78, 5) is 24.9. The van der Waals surface area contributed by atoms with Gasteiger partial charge in [-0.1, -0.05) is 64.7 Å². The molecule has 1 aliphatic rings. The van der Waals surface area contributed by atoms with Crippen LogP contribution in [0.2, 0.25) is 0 Å². The highest BCUT2D eigenvalue weighted by atomic mass is 16.5. The van der Waals surface area contributed by atoms with Gasteiger partial charge in [-0.15, -0.1) is 0 Å². The molecular formula is C23H37NO5. The molecule has 1 N–H and O–H groups in total. The van der Waals surface area contributed by atoms with E-state index in [1.807, 2.05) is 0 Å². The van der Waals surface area contributed by atoms with Crippen LogP contribution in [0, 0.1) is 0 Å². The van der Waals surface area contributed by atoms with Gasteiger partial charge in [0.1, 0.15) is 16.9 Å². The van der Waals surface area contributed by atoms with Crippen LogP contribution in [0.4, 0.5) is 5.88 Å². The van der Waals surface area contributed by atoms with E-state index >= 15 is 0 Å². The summed E-state index contributed by atoms with van der Waals surface area (Å²) in [7, 11) is 2.64. The summed E-state index contributed by atoms with van der Waals surface area (Å²) in [5, 5.41) is 3.35. The predicted molar refractivity (Wildman–Crippen MR) is 114 cm³/mol. The number of methoxy groups -OCH3 is 2. The Morgan fingerprint density at radius 3 is 2.10 bits per heavy atom. The number of aryl methyl sites for hydroxylation is 1. The standard InChI is InChI=1S/C23H37NO5/c1-4-5-6-7-8-9-13-16-18-19(22(25)27-2)20(23(26)28-3)21(29-18)24-17-14-11-10-12-15-17/h17,24H,4-16H2,1-3H3. The second kappa shape index (κ2) is 12.6. The maximum atomic E-state index is 12.5. The summed E-state index contributed by atoms with van der Waals surface area (Å²) in [5.41, 5.74) is 0.381. The maximum Gasteiger partial charge on any atom is 0.344 e. The highest BCUT2D eigenvalue weighted by Gasteiger charge is 2.32. The van der Waals surface area contributed by atoms with Gasteiger partial charge in [0.05, 0.1) is 14.2 Å². The van der Waals surface area contributed by atoms with Gasteiger partial charge in [-0.05, 0) is 19.3 Å². The van der Waals surface area contributed by atoms with Crippen LogP contribution in [0.15, 0.2) is 4.42 Å². The van der Waals surface area contributed by atoms with Crippen molar-refractivity contribution >= 4 is 17.8 Å². The quantitative estimate of drug-likeness (QED) is 0.344. The Morgan fingerprint density at radius 2 is 1.48 bits per heavy atom. The van der Waals surface area contributed by atoms with Crippen LogP contribution >= 0.6 is 0 Å². The lowest BCUT2D eigenvalue weighted by Gasteiger charge is -2.22. The van der Waals surface area contributed by atoms with Gasteiger partial charge in [0.15, 0.2) is 0 Å². The molecule has 1 saturated carbocycles. The first-order valence-electron chi connectivity index (χ1n) is 11.2. The number of anilines is 1. The van der Waals surface area contributed by atoms with Gasteiger partial charge in [-0.3, -0.25) is 0 Å². The summed E-state index contributed by atoms with van der Waals surface area (Å²) < 4.78 is 15.9. The number of nitrogens with one attached hydrogen (secondary N) is 1. The first-order chi connectivity index (χ1) is 14.1. The van der Waals surface area contributed by atoms with Crippen molar-refractivity contribution in [1.29, 1.82) is 0 Å². The molecule has 0 spiro atoms. The van der Waals surface area contributed by atoms with Crippen molar-refractivity contribution in [2.24, 2.45) is 0 Å². The smallest absolute Gasteiger partial charge is 0.344 e. The van der Waals surface area contributed by atoms with Gasteiger partial charge < -0.3 is 19.2 Å². The Hall–Kier alpha value is -1.98. The highest BCUT2D eigenvalue weighted by Crippen LogP contribution is 2.32. The number of carbonyl (C=O) groups is 2. The molecule has 0 radical (unpaired) electrons. The predicted octanol–water partition coefficient (Wildman–Crippen LogP) is 5.89. The molecule has 1 aliphatic carbocycles. The van der Waals surface area contributed by atoms with E-state index in [9.17, 15) is 9.59 Å². The zero-order valence-corrected chi connectivity index (χ0v) is 18.3. The van der Waals surface area contributed by atoms with Gasteiger partial charge in [-0.2, -0.15) is 0 Å². The fourth-order valence-corrected chi connectivity index (χ4v) is 4.05. The van der Waals surface area contributed by atoms with Crippen LogP contribution in [0.25, 0.3) is 0 Å². The molecule has 29 heavy (non-hydrogen) atoms. The molecule has 0 atom stereocenters. The Kier molecular flexibility index (Phi) is 10.1. The number of carbonyl (C=O) groups excluding carboxylic acids is 2. The summed E-state index contributed by atoms with van der Waals surface area (Å²) in [6, 6.07) is 0.246. The molecule has 1 heterocycles. The lowest BCUT2D eigenvalue weighted by atomic mass is 9.95. The number of furan rings is 1. The Morgan fingerprint density at radius 1 is 0.897 bits per heavy atom. The molecule has 1 aromatic heterocycles. The third-order valence-corrected chi connectivity index (χ3v) is 5.71. The minimum atomic E-state index is -0.571. The number of hydrogen-bond acceptors (Lipinski definition) is 6. The molecule has 1 aromatic rings. The van der Waals surface area contributed by atoms with Crippen LogP contribution < -0.4 is 5.32 Å². The summed E-state index contributed by atoms with van der Waals surface area (Å²) in [6.07, 6.45) is 14.4. The number of rotatable bonds is 12. The number of unbranched alkanes of at least 4 members (excludes halogenated alkanes) is 6. The Labute approximate surface area is 174 Å². The van der Waals surface area contributed by atoms with E-state index in [1.165, 1.54) is 52.7 Å². The van der Waals surface area contributed by atoms with Crippen molar-refractivity contribution in [2.45, 2.75) is 96.4 Å². The summed E-state index contributed by atoms with van der Waals surface area (Å²) in [6.45, 7) is 2.21. The van der Waals surface area contributed by atoms with Crippen LogP contribution in [0.1, 0.15) is 110 Å². The van der Waals surface area contributed by atoms with Crippen LogP contribution in [-0.2, 0) is 15.9 Å². The first-order valence-corrected chi connectivity index (χ1v) is 11.2. The van der Waals surface area contributed by atoms with E-state index in [0.717, 1.165) is 38.5 Å². The lowest BCUT2D eigenvalue weighted by Crippen LogP contribution is -2.23. The van der Waals surface area contributed by atoms with Crippen LogP contribution in [-0.4, -0.2) is 32.2 Å². The van der Waals surface area contributed by atoms with Crippen molar-refractivity contribution in [2.75, 3.05) is 19.5 Å². The molecule has 1 fully saturated rings. The zero-order chi connectivity index (χ0) is 21.1. The van der Waals surface area contributed by atoms with E-state index in [2.05, 4.69) is 12.2 Å². The molecule has 164 valence electrons. The number of ether oxygens (including phenoxy) is 2. The molecule has 0 bridgehead atoms. The van der Waals surface area contributed by atoms with Crippen molar-refractivity contribution in [3.63, 3.8) is 0 Å². The molecule has 0 aliphatic heterocycles. The van der Waals surface area contributed by atoms with Crippen molar-refractivity contribution in [3.8, 4) is 0 Å². The Bertz CT molecular complexity index is 646. The fourth-order valence-electron chi connectivity index (χ4n) is 4.05. The Balaban J connectivity index is 2.14. The second-order valence-corrected chi connectivity index (χ2v) is 7.94. The largest absolute Gasteiger partial charge is 0.465 e. The number of hydrogen-bond donors (Lipinski definition) is 1. The maximum absolute atomic E-state index is 12.5. The second-order valence-electron chi connectivity index (χ2n) is 7.94. The van der Waals surface area contributed by atoms with E-state index in [1.54, 1.807) is 0 Å². The average molecular weight is 408 g/mol. The van der Waals surface area contributed by atoms with Gasteiger partial charge in [-0.25, -0.2) is 9.59 Å².